The fourth-order valence-electron chi connectivity index (χ4n) is 2.26. The van der Waals surface area contributed by atoms with Crippen molar-refractivity contribution in [2.45, 2.75) is 32.7 Å². The van der Waals surface area contributed by atoms with E-state index in [0.29, 0.717) is 23.1 Å². The molecule has 2 N–H and O–H groups in total. The molecule has 88 valence electrons. The summed E-state index contributed by atoms with van der Waals surface area (Å²) in [6.45, 7) is 4.27. The molecule has 17 heavy (non-hydrogen) atoms. The van der Waals surface area contributed by atoms with Crippen molar-refractivity contribution in [1.82, 2.24) is 9.55 Å². The fraction of sp³-hybridized carbons (Fsp3) is 0.385. The molecular formula is C13H16N4. The molecule has 0 atom stereocenters. The number of anilines is 1. The highest BCUT2D eigenvalue weighted by molar-refractivity contribution is 5.84. The number of hydrogen-bond acceptors (Lipinski definition) is 3. The first-order chi connectivity index (χ1) is 8.22. The van der Waals surface area contributed by atoms with E-state index in [1.807, 2.05) is 16.7 Å². The van der Waals surface area contributed by atoms with Crippen molar-refractivity contribution in [1.29, 1.82) is 5.26 Å². The van der Waals surface area contributed by atoms with E-state index in [-0.39, 0.29) is 0 Å². The molecule has 0 unspecified atom stereocenters. The lowest BCUT2D eigenvalue weighted by Crippen LogP contribution is -2.10. The van der Waals surface area contributed by atoms with Crippen LogP contribution in [0.2, 0.25) is 0 Å². The molecule has 0 fully saturated rings. The highest BCUT2D eigenvalue weighted by Gasteiger charge is 2.16. The smallest absolute Gasteiger partial charge is 0.201 e. The van der Waals surface area contributed by atoms with Gasteiger partial charge in [0.05, 0.1) is 11.1 Å². The normalized spacial score (nSPS) is 10.9. The van der Waals surface area contributed by atoms with Crippen molar-refractivity contribution in [3.63, 3.8) is 0 Å². The number of nitriles is 1. The number of para-hydroxylation sites is 1. The number of nitrogens with zero attached hydrogens (tertiary/aromatic N) is 3. The predicted molar refractivity (Wildman–Crippen MR) is 68.5 cm³/mol. The Kier molecular flexibility index (Phi) is 3.01. The first-order valence-corrected chi connectivity index (χ1v) is 5.89. The maximum absolute atomic E-state index is 9.05. The standard InChI is InChI=1S/C13H16N4/c1-3-10(4-2)17-11-7-5-6-9(8-14)12(11)16-13(17)15/h5-7,10H,3-4H2,1-2H3,(H2,15,16). The Morgan fingerprint density at radius 3 is 2.71 bits per heavy atom. The second-order valence-electron chi connectivity index (χ2n) is 4.10. The summed E-state index contributed by atoms with van der Waals surface area (Å²) in [5, 5.41) is 9.05. The van der Waals surface area contributed by atoms with Crippen LogP contribution in [-0.2, 0) is 0 Å². The van der Waals surface area contributed by atoms with Crippen LogP contribution in [0, 0.1) is 11.3 Å². The second-order valence-corrected chi connectivity index (χ2v) is 4.10. The molecule has 0 amide bonds. The van der Waals surface area contributed by atoms with Gasteiger partial charge in [-0.2, -0.15) is 5.26 Å². The molecule has 0 bridgehead atoms. The lowest BCUT2D eigenvalue weighted by atomic mass is 10.1. The van der Waals surface area contributed by atoms with Crippen molar-refractivity contribution in [3.05, 3.63) is 23.8 Å². The van der Waals surface area contributed by atoms with Crippen molar-refractivity contribution >= 4 is 17.0 Å². The Hall–Kier alpha value is -2.02. The van der Waals surface area contributed by atoms with Gasteiger partial charge in [0, 0.05) is 6.04 Å². The van der Waals surface area contributed by atoms with E-state index < -0.39 is 0 Å². The van der Waals surface area contributed by atoms with E-state index in [9.17, 15) is 0 Å². The molecule has 2 rings (SSSR count). The molecule has 4 nitrogen and oxygen atoms in total. The lowest BCUT2D eigenvalue weighted by Gasteiger charge is -2.16. The van der Waals surface area contributed by atoms with Gasteiger partial charge in [-0.3, -0.25) is 0 Å². The van der Waals surface area contributed by atoms with Crippen LogP contribution >= 0.6 is 0 Å². The van der Waals surface area contributed by atoms with E-state index in [1.54, 1.807) is 6.07 Å². The average Bonchev–Trinajstić information content (AvgIpc) is 2.68. The average molecular weight is 228 g/mol. The minimum Gasteiger partial charge on any atom is -0.369 e. The summed E-state index contributed by atoms with van der Waals surface area (Å²) in [6.07, 6.45) is 2.01. The van der Waals surface area contributed by atoms with E-state index in [1.165, 1.54) is 0 Å². The number of nitrogens with two attached hydrogens (primary N) is 1. The van der Waals surface area contributed by atoms with E-state index >= 15 is 0 Å². The van der Waals surface area contributed by atoms with Gasteiger partial charge in [-0.05, 0) is 25.0 Å². The first-order valence-electron chi connectivity index (χ1n) is 5.89. The Balaban J connectivity index is 2.73. The number of rotatable bonds is 3. The van der Waals surface area contributed by atoms with E-state index in [2.05, 4.69) is 24.9 Å². The highest BCUT2D eigenvalue weighted by atomic mass is 15.2. The van der Waals surface area contributed by atoms with Crippen molar-refractivity contribution < 1.29 is 0 Å². The summed E-state index contributed by atoms with van der Waals surface area (Å²) in [4.78, 5) is 4.32. The molecule has 1 heterocycles. The zero-order valence-electron chi connectivity index (χ0n) is 10.1. The predicted octanol–water partition coefficient (Wildman–Crippen LogP) is 2.85. The van der Waals surface area contributed by atoms with Gasteiger partial charge in [0.25, 0.3) is 0 Å². The summed E-state index contributed by atoms with van der Waals surface area (Å²) in [5.74, 6) is 0.497. The monoisotopic (exact) mass is 228 g/mol. The van der Waals surface area contributed by atoms with Gasteiger partial charge in [0.15, 0.2) is 0 Å². The van der Waals surface area contributed by atoms with Crippen LogP contribution in [0.15, 0.2) is 18.2 Å². The van der Waals surface area contributed by atoms with Gasteiger partial charge >= 0.3 is 0 Å². The molecule has 4 heteroatoms. The molecule has 0 radical (unpaired) electrons. The number of fused-ring (bicyclic) bond motifs is 1. The van der Waals surface area contributed by atoms with Gasteiger partial charge in [-0.25, -0.2) is 4.98 Å². The van der Waals surface area contributed by atoms with Gasteiger partial charge < -0.3 is 10.3 Å². The van der Waals surface area contributed by atoms with Crippen LogP contribution in [-0.4, -0.2) is 9.55 Å². The van der Waals surface area contributed by atoms with E-state index in [4.69, 9.17) is 11.0 Å². The van der Waals surface area contributed by atoms with Crippen LogP contribution in [0.1, 0.15) is 38.3 Å². The molecule has 1 aromatic heterocycles. The Bertz CT molecular complexity index is 573. The third kappa shape index (κ3) is 1.74. The molecule has 0 saturated carbocycles. The summed E-state index contributed by atoms with van der Waals surface area (Å²) < 4.78 is 2.04. The molecule has 0 aliphatic heterocycles. The largest absolute Gasteiger partial charge is 0.369 e. The minimum atomic E-state index is 0.342. The number of hydrogen-bond donors (Lipinski definition) is 1. The lowest BCUT2D eigenvalue weighted by molar-refractivity contribution is 0.489. The van der Waals surface area contributed by atoms with Crippen molar-refractivity contribution in [3.8, 4) is 6.07 Å². The summed E-state index contributed by atoms with van der Waals surface area (Å²) >= 11 is 0. The van der Waals surface area contributed by atoms with Crippen LogP contribution in [0.4, 0.5) is 5.95 Å². The minimum absolute atomic E-state index is 0.342. The summed E-state index contributed by atoms with van der Waals surface area (Å²) in [7, 11) is 0. The van der Waals surface area contributed by atoms with Gasteiger partial charge in [-0.1, -0.05) is 19.9 Å². The molecule has 1 aromatic carbocycles. The SMILES string of the molecule is CCC(CC)n1c(N)nc2c(C#N)cccc21. The molecule has 0 aliphatic carbocycles. The number of nitrogen functional groups attached to an aromatic ring is 1. The van der Waals surface area contributed by atoms with Gasteiger partial charge in [0.1, 0.15) is 11.6 Å². The van der Waals surface area contributed by atoms with Crippen LogP contribution in [0.25, 0.3) is 11.0 Å². The molecular weight excluding hydrogens is 212 g/mol. The zero-order valence-corrected chi connectivity index (χ0v) is 10.1. The Morgan fingerprint density at radius 2 is 2.12 bits per heavy atom. The topological polar surface area (TPSA) is 67.6 Å². The van der Waals surface area contributed by atoms with Crippen LogP contribution in [0.5, 0.6) is 0 Å². The first kappa shape index (κ1) is 11.5. The fourth-order valence-corrected chi connectivity index (χ4v) is 2.26. The maximum atomic E-state index is 9.05. The van der Waals surface area contributed by atoms with Crippen LogP contribution in [0.3, 0.4) is 0 Å². The van der Waals surface area contributed by atoms with Crippen molar-refractivity contribution in [2.75, 3.05) is 5.73 Å². The molecule has 0 aliphatic rings. The van der Waals surface area contributed by atoms with Gasteiger partial charge in [-0.15, -0.1) is 0 Å². The number of benzene rings is 1. The third-order valence-electron chi connectivity index (χ3n) is 3.18. The quantitative estimate of drug-likeness (QED) is 0.878. The zero-order chi connectivity index (χ0) is 12.4. The Morgan fingerprint density at radius 1 is 1.41 bits per heavy atom. The summed E-state index contributed by atoms with van der Waals surface area (Å²) in [6, 6.07) is 8.11. The maximum Gasteiger partial charge on any atom is 0.201 e. The van der Waals surface area contributed by atoms with E-state index in [0.717, 1.165) is 18.4 Å². The Labute approximate surface area is 101 Å². The summed E-state index contributed by atoms with van der Waals surface area (Å²) in [5.41, 5.74) is 8.22. The highest BCUT2D eigenvalue weighted by Crippen LogP contribution is 2.28. The van der Waals surface area contributed by atoms with Crippen molar-refractivity contribution in [2.24, 2.45) is 0 Å². The number of aromatic nitrogens is 2. The van der Waals surface area contributed by atoms with Crippen LogP contribution < -0.4 is 5.73 Å². The molecule has 0 saturated heterocycles. The number of imidazole rings is 1. The molecule has 2 aromatic rings. The third-order valence-corrected chi connectivity index (χ3v) is 3.18. The van der Waals surface area contributed by atoms with Gasteiger partial charge in [0.2, 0.25) is 5.95 Å². The molecule has 0 spiro atoms. The second kappa shape index (κ2) is 4.46.